The molecule has 5 nitrogen and oxygen atoms in total. The van der Waals surface area contributed by atoms with Crippen LogP contribution >= 0.6 is 11.6 Å². The Balaban J connectivity index is 1.24. The average molecular weight is 373 g/mol. The summed E-state index contributed by atoms with van der Waals surface area (Å²) in [5.41, 5.74) is 0. The summed E-state index contributed by atoms with van der Waals surface area (Å²) in [4.78, 5) is 17.9. The van der Waals surface area contributed by atoms with Crippen LogP contribution < -0.4 is 4.74 Å². The Kier molecular flexibility index (Phi) is 4.32. The van der Waals surface area contributed by atoms with Gasteiger partial charge < -0.3 is 14.4 Å². The highest BCUT2D eigenvalue weighted by Gasteiger charge is 2.52. The summed E-state index contributed by atoms with van der Waals surface area (Å²) in [6.45, 7) is 1.47. The smallest absolute Gasteiger partial charge is 0.249 e. The number of hydrogen-bond acceptors (Lipinski definition) is 4. The molecule has 3 aliphatic rings. The van der Waals surface area contributed by atoms with Crippen molar-refractivity contribution < 1.29 is 23.0 Å². The minimum Gasteiger partial charge on any atom is -0.489 e. The van der Waals surface area contributed by atoms with Crippen molar-refractivity contribution in [3.05, 3.63) is 23.5 Å². The molecular formula is C17H19ClF2N2O3. The fraction of sp³-hybridized carbons (Fsp3) is 0.647. The van der Waals surface area contributed by atoms with Crippen molar-refractivity contribution in [1.82, 2.24) is 9.88 Å². The van der Waals surface area contributed by atoms with Crippen LogP contribution in [0.2, 0.25) is 5.02 Å². The van der Waals surface area contributed by atoms with Crippen molar-refractivity contribution in [3.8, 4) is 5.75 Å². The molecule has 1 aromatic heterocycles. The van der Waals surface area contributed by atoms with Crippen LogP contribution in [0, 0.1) is 11.8 Å². The van der Waals surface area contributed by atoms with Crippen molar-refractivity contribution in [3.63, 3.8) is 0 Å². The second-order valence-electron chi connectivity index (χ2n) is 7.15. The number of hydrogen-bond donors (Lipinski definition) is 0. The lowest BCUT2D eigenvalue weighted by molar-refractivity contribution is -0.159. The number of fused-ring (bicyclic) bond motifs is 1. The number of carbonyl (C=O) groups excluding carboxylic acids is 1. The molecule has 8 heteroatoms. The highest BCUT2D eigenvalue weighted by molar-refractivity contribution is 6.30. The predicted molar refractivity (Wildman–Crippen MR) is 85.8 cm³/mol. The molecule has 1 aromatic rings. The number of ether oxygens (including phenoxy) is 2. The minimum absolute atomic E-state index is 0.0318. The molecule has 3 atom stereocenters. The van der Waals surface area contributed by atoms with E-state index in [1.54, 1.807) is 17.2 Å². The van der Waals surface area contributed by atoms with Crippen LogP contribution in [0.1, 0.15) is 19.3 Å². The third kappa shape index (κ3) is 3.58. The third-order valence-electron chi connectivity index (χ3n) is 5.18. The van der Waals surface area contributed by atoms with Crippen molar-refractivity contribution in [1.29, 1.82) is 0 Å². The summed E-state index contributed by atoms with van der Waals surface area (Å²) in [6, 6.07) is 1.69. The molecular weight excluding hydrogens is 354 g/mol. The number of nitrogens with zero attached hydrogens (tertiary/aromatic N) is 2. The Morgan fingerprint density at radius 2 is 2.20 bits per heavy atom. The van der Waals surface area contributed by atoms with Crippen LogP contribution in [0.5, 0.6) is 5.75 Å². The number of rotatable bonds is 4. The molecule has 1 saturated carbocycles. The maximum absolute atomic E-state index is 12.9. The Morgan fingerprint density at radius 1 is 1.40 bits per heavy atom. The molecule has 25 heavy (non-hydrogen) atoms. The largest absolute Gasteiger partial charge is 0.489 e. The topological polar surface area (TPSA) is 51.7 Å². The Bertz CT molecular complexity index is 653. The lowest BCUT2D eigenvalue weighted by atomic mass is 9.80. The zero-order valence-corrected chi connectivity index (χ0v) is 14.3. The van der Waals surface area contributed by atoms with E-state index in [-0.39, 0.29) is 36.9 Å². The van der Waals surface area contributed by atoms with Gasteiger partial charge in [-0.1, -0.05) is 11.6 Å². The van der Waals surface area contributed by atoms with Crippen LogP contribution in [0.4, 0.5) is 8.78 Å². The molecule has 3 fully saturated rings. The summed E-state index contributed by atoms with van der Waals surface area (Å²) >= 11 is 5.87. The highest BCUT2D eigenvalue weighted by atomic mass is 35.5. The monoisotopic (exact) mass is 372 g/mol. The van der Waals surface area contributed by atoms with Crippen molar-refractivity contribution >= 4 is 17.5 Å². The Morgan fingerprint density at radius 3 is 2.88 bits per heavy atom. The molecule has 4 rings (SSSR count). The van der Waals surface area contributed by atoms with E-state index in [2.05, 4.69) is 4.98 Å². The summed E-state index contributed by atoms with van der Waals surface area (Å²) in [7, 11) is 0. The van der Waals surface area contributed by atoms with Gasteiger partial charge in [-0.2, -0.15) is 0 Å². The predicted octanol–water partition coefficient (Wildman–Crippen LogP) is 2.78. The molecule has 0 N–H and O–H groups in total. The zero-order valence-electron chi connectivity index (χ0n) is 13.5. The molecule has 1 aliphatic carbocycles. The molecule has 3 heterocycles. The number of halogens is 3. The first kappa shape index (κ1) is 17.0. The van der Waals surface area contributed by atoms with Crippen molar-refractivity contribution in [2.75, 3.05) is 19.7 Å². The second kappa shape index (κ2) is 6.36. The van der Waals surface area contributed by atoms with Gasteiger partial charge >= 0.3 is 0 Å². The maximum atomic E-state index is 12.9. The van der Waals surface area contributed by atoms with Gasteiger partial charge in [0.2, 0.25) is 11.8 Å². The van der Waals surface area contributed by atoms with Gasteiger partial charge in [0.1, 0.15) is 12.4 Å². The molecule has 1 amide bonds. The van der Waals surface area contributed by atoms with E-state index < -0.39 is 11.8 Å². The van der Waals surface area contributed by atoms with E-state index in [1.165, 1.54) is 6.20 Å². The van der Waals surface area contributed by atoms with E-state index in [0.29, 0.717) is 30.5 Å². The average Bonchev–Trinajstić information content (AvgIpc) is 3.08. The number of amides is 1. The fourth-order valence-electron chi connectivity index (χ4n) is 3.90. The van der Waals surface area contributed by atoms with E-state index >= 15 is 0 Å². The standard InChI is InChI=1S/C17H19ClF2N2O3/c18-12-2-13(6-21-5-12)24-9-14-1-10-7-22(8-15(10)25-14)16(23)11-3-17(19,20)4-11/h2,5-6,10-11,14-15H,1,3-4,7-9H2/t10-,14-,15+/m0/s1. The highest BCUT2D eigenvalue weighted by Crippen LogP contribution is 2.44. The summed E-state index contributed by atoms with van der Waals surface area (Å²) in [5.74, 6) is -2.50. The van der Waals surface area contributed by atoms with E-state index in [9.17, 15) is 13.6 Å². The molecule has 0 aromatic carbocycles. The van der Waals surface area contributed by atoms with Crippen LogP contribution in [0.15, 0.2) is 18.5 Å². The molecule has 136 valence electrons. The molecule has 0 bridgehead atoms. The minimum atomic E-state index is -2.66. The number of carbonyl (C=O) groups is 1. The van der Waals surface area contributed by atoms with Gasteiger partial charge in [-0.25, -0.2) is 8.78 Å². The van der Waals surface area contributed by atoms with Crippen molar-refractivity contribution in [2.24, 2.45) is 11.8 Å². The SMILES string of the molecule is O=C(C1CC(F)(F)C1)N1C[C@@H]2C[C@@H](COc3cncc(Cl)c3)O[C@@H]2C1. The van der Waals surface area contributed by atoms with Crippen LogP contribution in [-0.2, 0) is 9.53 Å². The zero-order chi connectivity index (χ0) is 17.6. The maximum Gasteiger partial charge on any atom is 0.249 e. The summed E-state index contributed by atoms with van der Waals surface area (Å²) < 4.78 is 37.5. The number of likely N-dealkylation sites (tertiary alicyclic amines) is 1. The van der Waals surface area contributed by atoms with Crippen molar-refractivity contribution in [2.45, 2.75) is 37.4 Å². The normalized spacial score (nSPS) is 30.8. The quantitative estimate of drug-likeness (QED) is 0.815. The number of aromatic nitrogens is 1. The van der Waals surface area contributed by atoms with Gasteiger partial charge in [-0.15, -0.1) is 0 Å². The van der Waals surface area contributed by atoms with Gasteiger partial charge in [0.25, 0.3) is 0 Å². The molecule has 0 unspecified atom stereocenters. The van der Waals surface area contributed by atoms with E-state index in [1.807, 2.05) is 0 Å². The van der Waals surface area contributed by atoms with Crippen LogP contribution in [0.3, 0.4) is 0 Å². The first-order valence-electron chi connectivity index (χ1n) is 8.45. The molecule has 0 radical (unpaired) electrons. The second-order valence-corrected chi connectivity index (χ2v) is 7.58. The van der Waals surface area contributed by atoms with E-state index in [0.717, 1.165) is 6.42 Å². The summed E-state index contributed by atoms with van der Waals surface area (Å²) in [5, 5.41) is 0.512. The van der Waals surface area contributed by atoms with Crippen LogP contribution in [-0.4, -0.2) is 53.6 Å². The van der Waals surface area contributed by atoms with Gasteiger partial charge in [-0.05, 0) is 6.42 Å². The van der Waals surface area contributed by atoms with Gasteiger partial charge in [0.05, 0.1) is 23.4 Å². The van der Waals surface area contributed by atoms with Gasteiger partial charge in [0, 0.05) is 50.0 Å². The van der Waals surface area contributed by atoms with E-state index in [4.69, 9.17) is 21.1 Å². The number of alkyl halides is 2. The van der Waals surface area contributed by atoms with Gasteiger partial charge in [0.15, 0.2) is 0 Å². The lowest BCUT2D eigenvalue weighted by Gasteiger charge is -2.36. The summed E-state index contributed by atoms with van der Waals surface area (Å²) in [6.07, 6.45) is 3.22. The fourth-order valence-corrected chi connectivity index (χ4v) is 4.07. The lowest BCUT2D eigenvalue weighted by Crippen LogP contribution is -2.46. The van der Waals surface area contributed by atoms with Crippen LogP contribution in [0.25, 0.3) is 0 Å². The first-order valence-corrected chi connectivity index (χ1v) is 8.83. The first-order chi connectivity index (χ1) is 11.9. The molecule has 0 spiro atoms. The molecule has 2 aliphatic heterocycles. The number of pyridine rings is 1. The van der Waals surface area contributed by atoms with Gasteiger partial charge in [-0.3, -0.25) is 9.78 Å². The third-order valence-corrected chi connectivity index (χ3v) is 5.39. The molecule has 2 saturated heterocycles. The Labute approximate surface area is 149 Å². The Hall–Kier alpha value is -1.47.